The van der Waals surface area contributed by atoms with Crippen LogP contribution in [0.3, 0.4) is 0 Å². The Bertz CT molecular complexity index is 683. The molecule has 0 unspecified atom stereocenters. The van der Waals surface area contributed by atoms with E-state index in [2.05, 4.69) is 17.3 Å². The second-order valence-corrected chi connectivity index (χ2v) is 7.24. The Morgan fingerprint density at radius 3 is 2.68 bits per heavy atom. The average Bonchev–Trinajstić information content (AvgIpc) is 3.11. The van der Waals surface area contributed by atoms with Crippen molar-refractivity contribution < 1.29 is 19.0 Å². The molecule has 136 valence electrons. The Kier molecular flexibility index (Phi) is 4.46. The third kappa shape index (κ3) is 2.92. The van der Waals surface area contributed by atoms with Crippen LogP contribution in [0.25, 0.3) is 0 Å². The maximum Gasteiger partial charge on any atom is 0.231 e. The quantitative estimate of drug-likeness (QED) is 0.912. The van der Waals surface area contributed by atoms with Gasteiger partial charge < -0.3 is 24.4 Å². The molecular formula is C19H26N2O4. The lowest BCUT2D eigenvalue weighted by Gasteiger charge is -2.30. The van der Waals surface area contributed by atoms with Gasteiger partial charge in [0.15, 0.2) is 11.5 Å². The molecule has 0 bridgehead atoms. The van der Waals surface area contributed by atoms with E-state index in [9.17, 15) is 4.79 Å². The van der Waals surface area contributed by atoms with Gasteiger partial charge in [0.05, 0.1) is 12.8 Å². The molecule has 1 aromatic carbocycles. The Morgan fingerprint density at radius 2 is 1.92 bits per heavy atom. The van der Waals surface area contributed by atoms with Crippen LogP contribution in [0.2, 0.25) is 0 Å². The zero-order chi connectivity index (χ0) is 17.4. The number of anilines is 1. The SMILES string of the molecule is COc1c2c(c(NC(=O)C3CCCCC3)c3c1OCO3)CCN(C)C2. The van der Waals surface area contributed by atoms with Crippen molar-refractivity contribution in [1.29, 1.82) is 0 Å². The van der Waals surface area contributed by atoms with Crippen LogP contribution in [0.5, 0.6) is 17.2 Å². The molecular weight excluding hydrogens is 320 g/mol. The van der Waals surface area contributed by atoms with Crippen molar-refractivity contribution in [2.24, 2.45) is 5.92 Å². The first kappa shape index (κ1) is 16.5. The number of carbonyl (C=O) groups is 1. The molecule has 0 atom stereocenters. The molecule has 0 saturated heterocycles. The van der Waals surface area contributed by atoms with Crippen LogP contribution >= 0.6 is 0 Å². The molecule has 0 aromatic heterocycles. The molecule has 6 heteroatoms. The van der Waals surface area contributed by atoms with Crippen molar-refractivity contribution in [1.82, 2.24) is 4.90 Å². The largest absolute Gasteiger partial charge is 0.492 e. The van der Waals surface area contributed by atoms with Crippen LogP contribution in [-0.4, -0.2) is 38.3 Å². The van der Waals surface area contributed by atoms with Gasteiger partial charge in [-0.25, -0.2) is 0 Å². The summed E-state index contributed by atoms with van der Waals surface area (Å²) >= 11 is 0. The van der Waals surface area contributed by atoms with E-state index >= 15 is 0 Å². The summed E-state index contributed by atoms with van der Waals surface area (Å²) in [7, 11) is 3.75. The van der Waals surface area contributed by atoms with Crippen molar-refractivity contribution in [3.63, 3.8) is 0 Å². The maximum atomic E-state index is 12.8. The lowest BCUT2D eigenvalue weighted by atomic mass is 9.88. The molecule has 0 radical (unpaired) electrons. The van der Waals surface area contributed by atoms with Gasteiger partial charge in [-0.2, -0.15) is 0 Å². The predicted octanol–water partition coefficient (Wildman–Crippen LogP) is 2.93. The highest BCUT2D eigenvalue weighted by Crippen LogP contribution is 2.52. The van der Waals surface area contributed by atoms with E-state index in [1.807, 2.05) is 0 Å². The number of benzene rings is 1. The van der Waals surface area contributed by atoms with E-state index in [1.54, 1.807) is 7.11 Å². The van der Waals surface area contributed by atoms with E-state index in [1.165, 1.54) is 6.42 Å². The van der Waals surface area contributed by atoms with Gasteiger partial charge in [-0.1, -0.05) is 19.3 Å². The van der Waals surface area contributed by atoms with Gasteiger partial charge in [-0.15, -0.1) is 0 Å². The van der Waals surface area contributed by atoms with Crippen LogP contribution < -0.4 is 19.5 Å². The molecule has 1 saturated carbocycles. The Morgan fingerprint density at radius 1 is 1.16 bits per heavy atom. The average molecular weight is 346 g/mol. The predicted molar refractivity (Wildman–Crippen MR) is 94.4 cm³/mol. The minimum Gasteiger partial charge on any atom is -0.492 e. The molecule has 1 amide bonds. The number of hydrogen-bond acceptors (Lipinski definition) is 5. The number of hydrogen-bond donors (Lipinski definition) is 1. The zero-order valence-corrected chi connectivity index (χ0v) is 15.0. The highest BCUT2D eigenvalue weighted by atomic mass is 16.7. The van der Waals surface area contributed by atoms with E-state index in [4.69, 9.17) is 14.2 Å². The number of nitrogens with one attached hydrogen (secondary N) is 1. The van der Waals surface area contributed by atoms with Crippen molar-refractivity contribution in [2.75, 3.05) is 32.8 Å². The minimum absolute atomic E-state index is 0.107. The highest BCUT2D eigenvalue weighted by molar-refractivity contribution is 5.96. The Labute approximate surface area is 148 Å². The number of nitrogens with zero attached hydrogens (tertiary/aromatic N) is 1. The number of fused-ring (bicyclic) bond motifs is 2. The zero-order valence-electron chi connectivity index (χ0n) is 15.0. The van der Waals surface area contributed by atoms with Gasteiger partial charge in [0.1, 0.15) is 0 Å². The Balaban J connectivity index is 1.73. The molecule has 25 heavy (non-hydrogen) atoms. The monoisotopic (exact) mass is 346 g/mol. The summed E-state index contributed by atoms with van der Waals surface area (Å²) in [6, 6.07) is 0. The molecule has 1 N–H and O–H groups in total. The lowest BCUT2D eigenvalue weighted by molar-refractivity contribution is -0.120. The summed E-state index contributed by atoms with van der Waals surface area (Å²) in [4.78, 5) is 15.1. The second-order valence-electron chi connectivity index (χ2n) is 7.24. The summed E-state index contributed by atoms with van der Waals surface area (Å²) in [5, 5.41) is 3.19. The summed E-state index contributed by atoms with van der Waals surface area (Å²) in [6.45, 7) is 1.89. The topological polar surface area (TPSA) is 60.0 Å². The summed E-state index contributed by atoms with van der Waals surface area (Å²) in [5.41, 5.74) is 3.02. The van der Waals surface area contributed by atoms with Crippen LogP contribution in [0.4, 0.5) is 5.69 Å². The standard InChI is InChI=1S/C19H26N2O4/c1-21-9-8-13-14(10-21)16(23-2)18-17(24-11-25-18)15(13)20-19(22)12-6-4-3-5-7-12/h12H,3-11H2,1-2H3,(H,20,22). The molecule has 1 aromatic rings. The van der Waals surface area contributed by atoms with Gasteiger partial charge in [0, 0.05) is 24.6 Å². The number of likely N-dealkylation sites (N-methyl/N-ethyl adjacent to an activating group) is 1. The van der Waals surface area contributed by atoms with Gasteiger partial charge in [-0.3, -0.25) is 4.79 Å². The normalized spacial score (nSPS) is 20.2. The summed E-state index contributed by atoms with van der Waals surface area (Å²) in [6.07, 6.45) is 6.33. The van der Waals surface area contributed by atoms with Crippen molar-refractivity contribution in [3.05, 3.63) is 11.1 Å². The molecule has 2 aliphatic heterocycles. The summed E-state index contributed by atoms with van der Waals surface area (Å²) < 4.78 is 17.0. The second kappa shape index (κ2) is 6.75. The molecule has 3 aliphatic rings. The molecule has 6 nitrogen and oxygen atoms in total. The van der Waals surface area contributed by atoms with Crippen molar-refractivity contribution in [3.8, 4) is 17.2 Å². The highest BCUT2D eigenvalue weighted by Gasteiger charge is 2.34. The fourth-order valence-corrected chi connectivity index (χ4v) is 4.23. The molecule has 0 spiro atoms. The first-order chi connectivity index (χ1) is 12.2. The van der Waals surface area contributed by atoms with Gasteiger partial charge in [-0.05, 0) is 31.9 Å². The fraction of sp³-hybridized carbons (Fsp3) is 0.632. The van der Waals surface area contributed by atoms with Crippen molar-refractivity contribution >= 4 is 11.6 Å². The van der Waals surface area contributed by atoms with Gasteiger partial charge >= 0.3 is 0 Å². The first-order valence-electron chi connectivity index (χ1n) is 9.19. The molecule has 2 heterocycles. The van der Waals surface area contributed by atoms with Crippen LogP contribution in [0.1, 0.15) is 43.2 Å². The smallest absolute Gasteiger partial charge is 0.231 e. The lowest BCUT2D eigenvalue weighted by Crippen LogP contribution is -2.30. The number of rotatable bonds is 3. The van der Waals surface area contributed by atoms with Gasteiger partial charge in [0.25, 0.3) is 0 Å². The van der Waals surface area contributed by atoms with E-state index in [-0.39, 0.29) is 18.6 Å². The fourth-order valence-electron chi connectivity index (χ4n) is 4.23. The molecule has 1 aliphatic carbocycles. The number of methoxy groups -OCH3 is 1. The van der Waals surface area contributed by atoms with Gasteiger partial charge in [0.2, 0.25) is 18.4 Å². The third-order valence-electron chi connectivity index (χ3n) is 5.59. The van der Waals surface area contributed by atoms with E-state index in [0.29, 0.717) is 11.5 Å². The van der Waals surface area contributed by atoms with Crippen LogP contribution in [0, 0.1) is 5.92 Å². The third-order valence-corrected chi connectivity index (χ3v) is 5.59. The van der Waals surface area contributed by atoms with Crippen LogP contribution in [0.15, 0.2) is 0 Å². The number of ether oxygens (including phenoxy) is 3. The Hall–Kier alpha value is -1.95. The number of carbonyl (C=O) groups excluding carboxylic acids is 1. The van der Waals surface area contributed by atoms with E-state index in [0.717, 1.165) is 67.8 Å². The number of amides is 1. The molecule has 1 fully saturated rings. The van der Waals surface area contributed by atoms with Crippen LogP contribution in [-0.2, 0) is 17.8 Å². The maximum absolute atomic E-state index is 12.8. The molecule has 4 rings (SSSR count). The minimum atomic E-state index is 0.107. The first-order valence-corrected chi connectivity index (χ1v) is 9.19. The van der Waals surface area contributed by atoms with Crippen molar-refractivity contribution in [2.45, 2.75) is 45.1 Å². The summed E-state index contributed by atoms with van der Waals surface area (Å²) in [5.74, 6) is 2.21. The van der Waals surface area contributed by atoms with E-state index < -0.39 is 0 Å².